The van der Waals surface area contributed by atoms with Crippen LogP contribution in [0.2, 0.25) is 0 Å². The molecule has 0 spiro atoms. The number of hydrogen-bond acceptors (Lipinski definition) is 5. The predicted molar refractivity (Wildman–Crippen MR) is 186 cm³/mol. The number of nitrogens with one attached hydrogen (secondary N) is 1. The molecule has 4 aromatic rings. The third-order valence-electron chi connectivity index (χ3n) is 8.40. The van der Waals surface area contributed by atoms with E-state index < -0.39 is 6.36 Å². The van der Waals surface area contributed by atoms with Gasteiger partial charge in [0.2, 0.25) is 0 Å². The van der Waals surface area contributed by atoms with E-state index in [2.05, 4.69) is 82.8 Å². The minimum Gasteiger partial charge on any atom is -0.406 e. The lowest BCUT2D eigenvalue weighted by atomic mass is 9.95. The lowest BCUT2D eigenvalue weighted by Crippen LogP contribution is -2.43. The number of hydrogen-bond donors (Lipinski definition) is 1. The van der Waals surface area contributed by atoms with Crippen molar-refractivity contribution in [2.45, 2.75) is 78.1 Å². The minimum absolute atomic E-state index is 0.248. The van der Waals surface area contributed by atoms with Gasteiger partial charge >= 0.3 is 12.4 Å². The van der Waals surface area contributed by atoms with Gasteiger partial charge in [-0.3, -0.25) is 0 Å². The van der Waals surface area contributed by atoms with Crippen molar-refractivity contribution in [3.8, 4) is 22.8 Å². The molecular formula is C36H41F3N6O2S. The van der Waals surface area contributed by atoms with Crippen LogP contribution in [0.4, 0.5) is 23.7 Å². The van der Waals surface area contributed by atoms with Crippen molar-refractivity contribution in [2.24, 2.45) is 4.99 Å². The van der Waals surface area contributed by atoms with E-state index in [9.17, 15) is 18.0 Å². The number of aromatic nitrogens is 3. The molecule has 1 fully saturated rings. The van der Waals surface area contributed by atoms with E-state index in [-0.39, 0.29) is 23.7 Å². The van der Waals surface area contributed by atoms with E-state index in [0.717, 1.165) is 47.0 Å². The highest BCUT2D eigenvalue weighted by Gasteiger charge is 2.31. The summed E-state index contributed by atoms with van der Waals surface area (Å²) in [5.74, 6) is 1.76. The van der Waals surface area contributed by atoms with Gasteiger partial charge in [0.05, 0.1) is 5.69 Å². The van der Waals surface area contributed by atoms with Crippen LogP contribution in [0.5, 0.6) is 5.75 Å². The summed E-state index contributed by atoms with van der Waals surface area (Å²) in [6.07, 6.45) is -0.512. The second kappa shape index (κ2) is 15.3. The first kappa shape index (κ1) is 35.0. The van der Waals surface area contributed by atoms with E-state index in [0.29, 0.717) is 24.0 Å². The van der Waals surface area contributed by atoms with Crippen LogP contribution in [0.3, 0.4) is 0 Å². The molecule has 2 atom stereocenters. The highest BCUT2D eigenvalue weighted by molar-refractivity contribution is 8.14. The average molecular weight is 679 g/mol. The zero-order valence-electron chi connectivity index (χ0n) is 27.8. The van der Waals surface area contributed by atoms with Crippen LogP contribution in [-0.4, -0.2) is 50.7 Å². The van der Waals surface area contributed by atoms with Crippen molar-refractivity contribution in [1.82, 2.24) is 20.1 Å². The number of halogens is 3. The molecule has 1 aliphatic heterocycles. The van der Waals surface area contributed by atoms with E-state index in [1.165, 1.54) is 46.4 Å². The molecule has 0 aliphatic carbocycles. The number of benzene rings is 3. The number of ether oxygens (including phenoxy) is 1. The largest absolute Gasteiger partial charge is 0.573 e. The zero-order chi connectivity index (χ0) is 34.4. The van der Waals surface area contributed by atoms with Crippen LogP contribution in [0.15, 0.2) is 78.0 Å². The Kier molecular flexibility index (Phi) is 11.1. The second-order valence-corrected chi connectivity index (χ2v) is 13.4. The van der Waals surface area contributed by atoms with Crippen molar-refractivity contribution >= 4 is 28.6 Å². The average Bonchev–Trinajstić information content (AvgIpc) is 3.53. The minimum atomic E-state index is -4.74. The van der Waals surface area contributed by atoms with E-state index in [1.54, 1.807) is 11.8 Å². The highest BCUT2D eigenvalue weighted by Crippen LogP contribution is 2.36. The third-order valence-corrected chi connectivity index (χ3v) is 9.39. The first-order chi connectivity index (χ1) is 22.9. The van der Waals surface area contributed by atoms with Gasteiger partial charge in [0, 0.05) is 29.6 Å². The summed E-state index contributed by atoms with van der Waals surface area (Å²) < 4.78 is 42.8. The van der Waals surface area contributed by atoms with Crippen molar-refractivity contribution in [1.29, 1.82) is 0 Å². The van der Waals surface area contributed by atoms with E-state index >= 15 is 0 Å². The summed E-state index contributed by atoms with van der Waals surface area (Å²) in [7, 11) is 0. The number of thioether (sulfide) groups is 1. The van der Waals surface area contributed by atoms with Crippen LogP contribution >= 0.6 is 11.8 Å². The van der Waals surface area contributed by atoms with E-state index in [4.69, 9.17) is 0 Å². The molecule has 1 saturated heterocycles. The van der Waals surface area contributed by atoms with Crippen LogP contribution in [0, 0.1) is 6.92 Å². The highest BCUT2D eigenvalue weighted by atomic mass is 32.2. The number of amidine groups is 1. The van der Waals surface area contributed by atoms with E-state index in [1.807, 2.05) is 24.3 Å². The lowest BCUT2D eigenvalue weighted by Gasteiger charge is -2.37. The van der Waals surface area contributed by atoms with Gasteiger partial charge in [-0.25, -0.2) is 14.5 Å². The van der Waals surface area contributed by atoms with Crippen molar-refractivity contribution in [2.75, 3.05) is 17.2 Å². The monoisotopic (exact) mass is 678 g/mol. The van der Waals surface area contributed by atoms with Gasteiger partial charge in [-0.1, -0.05) is 68.9 Å². The second-order valence-electron chi connectivity index (χ2n) is 12.4. The number of amides is 2. The Balaban J connectivity index is 1.13. The standard InChI is InChI=1S/C36H41F3N6O2S/c1-23(2)32-25(4)8-6-10-31(32)45-26(5)19-21-48-35(45)42-34(46)40-20-7-9-24(3)27-11-13-28(14-12-27)33-41-22-44(43-33)29-15-17-30(18-16-29)47-36(37,38)39/h6,8,10-18,22-24,26H,7,9,19-21H2,1-5H3,(H,40,46). The van der Waals surface area contributed by atoms with Crippen LogP contribution in [0.25, 0.3) is 17.1 Å². The Bertz CT molecular complexity index is 1720. The predicted octanol–water partition coefficient (Wildman–Crippen LogP) is 9.25. The van der Waals surface area contributed by atoms with Gasteiger partial charge in [0.25, 0.3) is 0 Å². The SMILES string of the molecule is Cc1cccc(N2C(=NC(=O)NCCCC(C)c3ccc(-c4ncn(-c5ccc(OC(F)(F)F)cc5)n4)cc3)SCCC2C)c1C(C)C. The van der Waals surface area contributed by atoms with Gasteiger partial charge in [-0.05, 0) is 92.0 Å². The fourth-order valence-electron chi connectivity index (χ4n) is 5.94. The summed E-state index contributed by atoms with van der Waals surface area (Å²) in [6.45, 7) is 11.4. The number of alkyl halides is 3. The molecule has 8 nitrogen and oxygen atoms in total. The van der Waals surface area contributed by atoms with Crippen LogP contribution in [-0.2, 0) is 0 Å². The number of carbonyl (C=O) groups is 1. The molecular weight excluding hydrogens is 637 g/mol. The number of aryl methyl sites for hydroxylation is 1. The van der Waals surface area contributed by atoms with Gasteiger partial charge in [-0.2, -0.15) is 4.99 Å². The summed E-state index contributed by atoms with van der Waals surface area (Å²) in [6, 6.07) is 19.7. The molecule has 2 unspecified atom stereocenters. The Labute approximate surface area is 283 Å². The maximum absolute atomic E-state index is 12.9. The topological polar surface area (TPSA) is 84.6 Å². The van der Waals surface area contributed by atoms with Gasteiger partial charge in [0.15, 0.2) is 11.0 Å². The zero-order valence-corrected chi connectivity index (χ0v) is 28.6. The van der Waals surface area contributed by atoms with Crippen molar-refractivity contribution in [3.63, 3.8) is 0 Å². The summed E-state index contributed by atoms with van der Waals surface area (Å²) in [4.78, 5) is 24.0. The quantitative estimate of drug-likeness (QED) is 0.168. The first-order valence-corrected chi connectivity index (χ1v) is 17.1. The number of rotatable bonds is 10. The number of urea groups is 1. The smallest absolute Gasteiger partial charge is 0.406 e. The fraction of sp³-hybridized carbons (Fsp3) is 0.389. The summed E-state index contributed by atoms with van der Waals surface area (Å²) in [5, 5.41) is 8.22. The molecule has 1 N–H and O–H groups in total. The van der Waals surface area contributed by atoms with Crippen molar-refractivity contribution < 1.29 is 22.7 Å². The molecule has 1 aromatic heterocycles. The van der Waals surface area contributed by atoms with Crippen LogP contribution < -0.4 is 15.0 Å². The fourth-order valence-corrected chi connectivity index (χ4v) is 7.14. The summed E-state index contributed by atoms with van der Waals surface area (Å²) >= 11 is 1.63. The molecule has 48 heavy (non-hydrogen) atoms. The lowest BCUT2D eigenvalue weighted by molar-refractivity contribution is -0.274. The number of nitrogens with zero attached hydrogens (tertiary/aromatic N) is 5. The molecule has 12 heteroatoms. The number of carbonyl (C=O) groups excluding carboxylic acids is 1. The van der Waals surface area contributed by atoms with Gasteiger partial charge < -0.3 is 15.0 Å². The Morgan fingerprint density at radius 2 is 1.81 bits per heavy atom. The normalized spacial score (nSPS) is 16.7. The molecule has 0 saturated carbocycles. The Morgan fingerprint density at radius 3 is 2.50 bits per heavy atom. The number of aliphatic imine (C=N–C) groups is 1. The molecule has 2 amide bonds. The Hall–Kier alpha value is -4.32. The molecule has 254 valence electrons. The third kappa shape index (κ3) is 8.77. The van der Waals surface area contributed by atoms with Crippen LogP contribution in [0.1, 0.15) is 75.5 Å². The molecule has 1 aliphatic rings. The molecule has 3 aromatic carbocycles. The maximum atomic E-state index is 12.9. The molecule has 2 heterocycles. The van der Waals surface area contributed by atoms with Gasteiger partial charge in [-0.15, -0.1) is 18.3 Å². The molecule has 0 bridgehead atoms. The summed E-state index contributed by atoms with van der Waals surface area (Å²) in [5.41, 5.74) is 6.21. The molecule has 5 rings (SSSR count). The van der Waals surface area contributed by atoms with Crippen molar-refractivity contribution in [3.05, 3.63) is 89.7 Å². The van der Waals surface area contributed by atoms with Gasteiger partial charge in [0.1, 0.15) is 12.1 Å². The first-order valence-electron chi connectivity index (χ1n) is 16.2. The Morgan fingerprint density at radius 1 is 1.08 bits per heavy atom. The molecule has 0 radical (unpaired) electrons. The maximum Gasteiger partial charge on any atom is 0.573 e. The number of anilines is 1.